The predicted molar refractivity (Wildman–Crippen MR) is 48.8 cm³/mol. The number of carbonyl (C=O) groups is 1. The van der Waals surface area contributed by atoms with E-state index in [0.29, 0.717) is 5.56 Å². The maximum atomic E-state index is 12.2. The van der Waals surface area contributed by atoms with Crippen molar-refractivity contribution in [3.8, 4) is 0 Å². The van der Waals surface area contributed by atoms with Crippen LogP contribution in [0.15, 0.2) is 24.3 Å². The molecule has 0 aliphatic heterocycles. The summed E-state index contributed by atoms with van der Waals surface area (Å²) in [7, 11) is 0. The Labute approximate surface area is 89.1 Å². The van der Waals surface area contributed by atoms with Gasteiger partial charge >= 0.3 is 12.1 Å². The molecule has 6 heteroatoms. The molecule has 16 heavy (non-hydrogen) atoms. The molecule has 0 aromatic heterocycles. The first-order valence-corrected chi connectivity index (χ1v) is 4.37. The van der Waals surface area contributed by atoms with Crippen molar-refractivity contribution in [3.05, 3.63) is 35.4 Å². The Hall–Kier alpha value is -1.56. The zero-order valence-electron chi connectivity index (χ0n) is 8.03. The summed E-state index contributed by atoms with van der Waals surface area (Å²) in [5.74, 6) is -1.40. The van der Waals surface area contributed by atoms with E-state index in [1.54, 1.807) is 0 Å². The van der Waals surface area contributed by atoms with Crippen molar-refractivity contribution >= 4 is 5.97 Å². The Morgan fingerprint density at radius 3 is 2.12 bits per heavy atom. The number of carboxylic acid groups (broad SMARTS) is 1. The van der Waals surface area contributed by atoms with Gasteiger partial charge in [-0.25, -0.2) is 4.79 Å². The van der Waals surface area contributed by atoms with E-state index in [1.807, 2.05) is 0 Å². The Morgan fingerprint density at radius 1 is 1.25 bits per heavy atom. The van der Waals surface area contributed by atoms with Gasteiger partial charge in [0.05, 0.1) is 5.56 Å². The molecule has 1 aromatic rings. The van der Waals surface area contributed by atoms with Crippen molar-refractivity contribution in [1.82, 2.24) is 0 Å². The van der Waals surface area contributed by atoms with Crippen molar-refractivity contribution in [1.29, 1.82) is 0 Å². The van der Waals surface area contributed by atoms with Gasteiger partial charge in [-0.1, -0.05) is 12.1 Å². The molecular formula is C10H9F3O3. The monoisotopic (exact) mass is 234 g/mol. The fourth-order valence-electron chi connectivity index (χ4n) is 1.14. The fourth-order valence-corrected chi connectivity index (χ4v) is 1.14. The molecular weight excluding hydrogens is 225 g/mol. The highest BCUT2D eigenvalue weighted by molar-refractivity contribution is 5.72. The summed E-state index contributed by atoms with van der Waals surface area (Å²) in [6.45, 7) is 0. The SMILES string of the molecule is O=C(O)[C@H](O)Cc1ccc(C(F)(F)F)cc1. The van der Waals surface area contributed by atoms with Gasteiger partial charge in [0, 0.05) is 6.42 Å². The van der Waals surface area contributed by atoms with Crippen LogP contribution in [0.1, 0.15) is 11.1 Å². The molecule has 0 saturated heterocycles. The predicted octanol–water partition coefficient (Wildman–Crippen LogP) is 1.69. The van der Waals surface area contributed by atoms with Crippen LogP contribution < -0.4 is 0 Å². The number of halogens is 3. The Morgan fingerprint density at radius 2 is 1.75 bits per heavy atom. The van der Waals surface area contributed by atoms with Crippen LogP contribution in [0.4, 0.5) is 13.2 Å². The zero-order chi connectivity index (χ0) is 12.3. The summed E-state index contributed by atoms with van der Waals surface area (Å²) in [5, 5.41) is 17.4. The molecule has 1 aromatic carbocycles. The minimum Gasteiger partial charge on any atom is -0.479 e. The van der Waals surface area contributed by atoms with E-state index in [9.17, 15) is 18.0 Å². The first kappa shape index (κ1) is 12.5. The molecule has 1 atom stereocenters. The van der Waals surface area contributed by atoms with Gasteiger partial charge < -0.3 is 10.2 Å². The lowest BCUT2D eigenvalue weighted by molar-refractivity contribution is -0.146. The standard InChI is InChI=1S/C10H9F3O3/c11-10(12,13)7-3-1-6(2-4-7)5-8(14)9(15)16/h1-4,8,14H,5H2,(H,15,16)/t8-/m1/s1. The average Bonchev–Trinajstić information content (AvgIpc) is 2.17. The van der Waals surface area contributed by atoms with Crippen molar-refractivity contribution < 1.29 is 28.2 Å². The van der Waals surface area contributed by atoms with E-state index in [0.717, 1.165) is 24.3 Å². The van der Waals surface area contributed by atoms with Gasteiger partial charge in [0.1, 0.15) is 0 Å². The molecule has 88 valence electrons. The van der Waals surface area contributed by atoms with Crippen LogP contribution in [0.3, 0.4) is 0 Å². The van der Waals surface area contributed by atoms with Crippen molar-refractivity contribution in [2.75, 3.05) is 0 Å². The summed E-state index contributed by atoms with van der Waals surface area (Å²) >= 11 is 0. The number of carboxylic acids is 1. The number of aliphatic carboxylic acids is 1. The highest BCUT2D eigenvalue weighted by Crippen LogP contribution is 2.29. The van der Waals surface area contributed by atoms with Gasteiger partial charge in [0.2, 0.25) is 0 Å². The van der Waals surface area contributed by atoms with E-state index in [4.69, 9.17) is 10.2 Å². The Bertz CT molecular complexity index is 370. The summed E-state index contributed by atoms with van der Waals surface area (Å²) in [5.41, 5.74) is -0.469. The number of aliphatic hydroxyl groups excluding tert-OH is 1. The molecule has 0 aliphatic rings. The van der Waals surface area contributed by atoms with E-state index >= 15 is 0 Å². The van der Waals surface area contributed by atoms with E-state index < -0.39 is 23.8 Å². The molecule has 2 N–H and O–H groups in total. The Kier molecular flexibility index (Phi) is 3.54. The largest absolute Gasteiger partial charge is 0.479 e. The van der Waals surface area contributed by atoms with Gasteiger partial charge in [0.15, 0.2) is 6.10 Å². The maximum absolute atomic E-state index is 12.2. The normalized spacial score (nSPS) is 13.5. The second-order valence-electron chi connectivity index (χ2n) is 3.25. The van der Waals surface area contributed by atoms with Crippen molar-refractivity contribution in [3.63, 3.8) is 0 Å². The van der Waals surface area contributed by atoms with Crippen molar-refractivity contribution in [2.45, 2.75) is 18.7 Å². The zero-order valence-corrected chi connectivity index (χ0v) is 8.03. The van der Waals surface area contributed by atoms with Crippen LogP contribution in [0, 0.1) is 0 Å². The van der Waals surface area contributed by atoms with Crippen LogP contribution in [0.5, 0.6) is 0 Å². The molecule has 1 rings (SSSR count). The van der Waals surface area contributed by atoms with Gasteiger partial charge in [-0.15, -0.1) is 0 Å². The second kappa shape index (κ2) is 4.52. The van der Waals surface area contributed by atoms with E-state index in [1.165, 1.54) is 0 Å². The minimum atomic E-state index is -4.41. The smallest absolute Gasteiger partial charge is 0.416 e. The van der Waals surface area contributed by atoms with Gasteiger partial charge in [-0.3, -0.25) is 0 Å². The Balaban J connectivity index is 2.76. The highest BCUT2D eigenvalue weighted by atomic mass is 19.4. The lowest BCUT2D eigenvalue weighted by Crippen LogP contribution is -2.22. The number of benzene rings is 1. The summed E-state index contributed by atoms with van der Waals surface area (Å²) in [6.07, 6.45) is -6.23. The van der Waals surface area contributed by atoms with E-state index in [2.05, 4.69) is 0 Å². The number of hydrogen-bond acceptors (Lipinski definition) is 2. The van der Waals surface area contributed by atoms with Crippen LogP contribution in [-0.2, 0) is 17.4 Å². The topological polar surface area (TPSA) is 57.5 Å². The van der Waals surface area contributed by atoms with Gasteiger partial charge in [0.25, 0.3) is 0 Å². The third-order valence-corrected chi connectivity index (χ3v) is 2.00. The quantitative estimate of drug-likeness (QED) is 0.836. The molecule has 0 unspecified atom stereocenters. The first-order valence-electron chi connectivity index (χ1n) is 4.37. The summed E-state index contributed by atoms with van der Waals surface area (Å²) in [4.78, 5) is 10.3. The number of aliphatic hydroxyl groups is 1. The van der Waals surface area contributed by atoms with E-state index in [-0.39, 0.29) is 6.42 Å². The second-order valence-corrected chi connectivity index (χ2v) is 3.25. The van der Waals surface area contributed by atoms with Crippen LogP contribution in [0.25, 0.3) is 0 Å². The lowest BCUT2D eigenvalue weighted by atomic mass is 10.1. The van der Waals surface area contributed by atoms with Crippen molar-refractivity contribution in [2.24, 2.45) is 0 Å². The van der Waals surface area contributed by atoms with Gasteiger partial charge in [-0.2, -0.15) is 13.2 Å². The molecule has 0 aliphatic carbocycles. The average molecular weight is 234 g/mol. The van der Waals surface area contributed by atoms with Crippen LogP contribution in [0.2, 0.25) is 0 Å². The van der Waals surface area contributed by atoms with Crippen LogP contribution in [-0.4, -0.2) is 22.3 Å². The van der Waals surface area contributed by atoms with Gasteiger partial charge in [-0.05, 0) is 17.7 Å². The molecule has 0 bridgehead atoms. The first-order chi connectivity index (χ1) is 7.30. The highest BCUT2D eigenvalue weighted by Gasteiger charge is 2.30. The summed E-state index contributed by atoms with van der Waals surface area (Å²) in [6, 6.07) is 4.00. The number of rotatable bonds is 3. The molecule has 0 heterocycles. The molecule has 3 nitrogen and oxygen atoms in total. The number of alkyl halides is 3. The molecule has 0 fully saturated rings. The molecule has 0 radical (unpaired) electrons. The summed E-state index contributed by atoms with van der Waals surface area (Å²) < 4.78 is 36.5. The molecule has 0 spiro atoms. The molecule has 0 saturated carbocycles. The third-order valence-electron chi connectivity index (χ3n) is 2.00. The maximum Gasteiger partial charge on any atom is 0.416 e. The third kappa shape index (κ3) is 3.23. The fraction of sp³-hybridized carbons (Fsp3) is 0.300. The minimum absolute atomic E-state index is 0.215. The number of hydrogen-bond donors (Lipinski definition) is 2. The molecule has 0 amide bonds. The lowest BCUT2D eigenvalue weighted by Gasteiger charge is -2.08. The van der Waals surface area contributed by atoms with Crippen LogP contribution >= 0.6 is 0 Å².